The van der Waals surface area contributed by atoms with Crippen LogP contribution in [0.3, 0.4) is 0 Å². The number of hydrogen-bond donors (Lipinski definition) is 0. The van der Waals surface area contributed by atoms with E-state index in [0.717, 1.165) is 36.4 Å². The molecule has 0 aromatic carbocycles. The van der Waals surface area contributed by atoms with Crippen LogP contribution in [0.4, 0.5) is 5.95 Å². The third-order valence-corrected chi connectivity index (χ3v) is 7.00. The van der Waals surface area contributed by atoms with Crippen LogP contribution in [-0.4, -0.2) is 97.2 Å². The van der Waals surface area contributed by atoms with Crippen LogP contribution in [0, 0.1) is 18.8 Å². The Balaban J connectivity index is 1.14. The number of aromatic nitrogens is 2. The van der Waals surface area contributed by atoms with Crippen LogP contribution in [0.15, 0.2) is 12.4 Å². The van der Waals surface area contributed by atoms with Gasteiger partial charge in [-0.3, -0.25) is 0 Å². The number of rotatable bonds is 5. The molecule has 0 unspecified atom stereocenters. The Labute approximate surface area is 170 Å². The molecule has 0 bridgehead atoms. The van der Waals surface area contributed by atoms with Crippen LogP contribution in [-0.2, 0) is 0 Å². The standard InChI is InChI=1S/C22H38N6/c1-19-15-23-22(24-16-19)28-9-5-21(6-10-28)18-27-13-11-26(12-14-27)17-20-3-7-25(2)8-4-20/h15-16,20-21H,3-14,17-18H2,1-2H3. The van der Waals surface area contributed by atoms with Crippen molar-refractivity contribution in [3.05, 3.63) is 18.0 Å². The molecule has 3 aliphatic rings. The summed E-state index contributed by atoms with van der Waals surface area (Å²) >= 11 is 0. The molecule has 0 N–H and O–H groups in total. The van der Waals surface area contributed by atoms with E-state index in [2.05, 4.69) is 36.6 Å². The second-order valence-corrected chi connectivity index (χ2v) is 9.34. The summed E-state index contributed by atoms with van der Waals surface area (Å²) in [6, 6.07) is 0. The Bertz CT molecular complexity index is 582. The number of piperazine rings is 1. The number of anilines is 1. The van der Waals surface area contributed by atoms with Crippen LogP contribution < -0.4 is 4.90 Å². The summed E-state index contributed by atoms with van der Waals surface area (Å²) in [7, 11) is 2.26. The summed E-state index contributed by atoms with van der Waals surface area (Å²) in [5.41, 5.74) is 1.13. The van der Waals surface area contributed by atoms with Gasteiger partial charge in [-0.1, -0.05) is 0 Å². The summed E-state index contributed by atoms with van der Waals surface area (Å²) in [4.78, 5) is 19.3. The molecule has 0 saturated carbocycles. The van der Waals surface area contributed by atoms with E-state index in [1.54, 1.807) is 0 Å². The minimum Gasteiger partial charge on any atom is -0.341 e. The fraction of sp³-hybridized carbons (Fsp3) is 0.818. The number of aryl methyl sites for hydroxylation is 1. The topological polar surface area (TPSA) is 38.7 Å². The van der Waals surface area contributed by atoms with E-state index in [4.69, 9.17) is 0 Å². The molecule has 4 heterocycles. The molecule has 0 radical (unpaired) electrons. The Morgan fingerprint density at radius 1 is 0.750 bits per heavy atom. The zero-order chi connectivity index (χ0) is 19.3. The average Bonchev–Trinajstić information content (AvgIpc) is 2.72. The predicted molar refractivity (Wildman–Crippen MR) is 115 cm³/mol. The SMILES string of the molecule is Cc1cnc(N2CCC(CN3CCN(CC4CCN(C)CC4)CC3)CC2)nc1. The summed E-state index contributed by atoms with van der Waals surface area (Å²) < 4.78 is 0. The van der Waals surface area contributed by atoms with Gasteiger partial charge in [0.15, 0.2) is 0 Å². The second kappa shape index (κ2) is 9.51. The molecular weight excluding hydrogens is 348 g/mol. The van der Waals surface area contributed by atoms with Gasteiger partial charge in [0.2, 0.25) is 5.95 Å². The minimum absolute atomic E-state index is 0.835. The smallest absolute Gasteiger partial charge is 0.225 e. The first kappa shape index (κ1) is 20.0. The zero-order valence-electron chi connectivity index (χ0n) is 17.9. The van der Waals surface area contributed by atoms with E-state index in [0.29, 0.717) is 0 Å². The van der Waals surface area contributed by atoms with Gasteiger partial charge in [-0.2, -0.15) is 0 Å². The Kier molecular flexibility index (Phi) is 6.81. The fourth-order valence-electron chi connectivity index (χ4n) is 4.99. The molecule has 0 aliphatic carbocycles. The van der Waals surface area contributed by atoms with Crippen LogP contribution in [0.1, 0.15) is 31.2 Å². The quantitative estimate of drug-likeness (QED) is 0.770. The van der Waals surface area contributed by atoms with Gasteiger partial charge in [0.25, 0.3) is 0 Å². The van der Waals surface area contributed by atoms with Crippen molar-refractivity contribution in [2.75, 3.05) is 77.4 Å². The van der Waals surface area contributed by atoms with Crippen molar-refractivity contribution >= 4 is 5.95 Å². The lowest BCUT2D eigenvalue weighted by Gasteiger charge is -2.40. The molecule has 0 atom stereocenters. The number of hydrogen-bond acceptors (Lipinski definition) is 6. The third-order valence-electron chi connectivity index (χ3n) is 7.00. The molecule has 1 aromatic heterocycles. The van der Waals surface area contributed by atoms with Crippen molar-refractivity contribution in [2.45, 2.75) is 32.6 Å². The van der Waals surface area contributed by atoms with Gasteiger partial charge in [0.05, 0.1) is 0 Å². The highest BCUT2D eigenvalue weighted by atomic mass is 15.3. The van der Waals surface area contributed by atoms with Crippen molar-refractivity contribution in [1.82, 2.24) is 24.7 Å². The van der Waals surface area contributed by atoms with E-state index in [1.165, 1.54) is 78.0 Å². The molecule has 0 spiro atoms. The van der Waals surface area contributed by atoms with Crippen LogP contribution in [0.2, 0.25) is 0 Å². The molecule has 0 amide bonds. The molecule has 3 fully saturated rings. The van der Waals surface area contributed by atoms with Crippen molar-refractivity contribution in [2.24, 2.45) is 11.8 Å². The van der Waals surface area contributed by atoms with Crippen LogP contribution in [0.5, 0.6) is 0 Å². The van der Waals surface area contributed by atoms with E-state index in [-0.39, 0.29) is 0 Å². The summed E-state index contributed by atoms with van der Waals surface area (Å²) in [5, 5.41) is 0. The van der Waals surface area contributed by atoms with Crippen molar-refractivity contribution < 1.29 is 0 Å². The second-order valence-electron chi connectivity index (χ2n) is 9.34. The van der Waals surface area contributed by atoms with Crippen molar-refractivity contribution in [3.8, 4) is 0 Å². The van der Waals surface area contributed by atoms with Crippen molar-refractivity contribution in [1.29, 1.82) is 0 Å². The molecule has 3 saturated heterocycles. The highest BCUT2D eigenvalue weighted by Gasteiger charge is 2.26. The van der Waals surface area contributed by atoms with E-state index in [1.807, 2.05) is 19.3 Å². The lowest BCUT2D eigenvalue weighted by molar-refractivity contribution is 0.0880. The van der Waals surface area contributed by atoms with Crippen molar-refractivity contribution in [3.63, 3.8) is 0 Å². The van der Waals surface area contributed by atoms with Gasteiger partial charge in [-0.25, -0.2) is 9.97 Å². The molecule has 28 heavy (non-hydrogen) atoms. The summed E-state index contributed by atoms with van der Waals surface area (Å²) in [5.74, 6) is 2.67. The van der Waals surface area contributed by atoms with Gasteiger partial charge in [-0.15, -0.1) is 0 Å². The molecule has 4 rings (SSSR count). The maximum atomic E-state index is 4.50. The molecule has 3 aliphatic heterocycles. The van der Waals surface area contributed by atoms with E-state index in [9.17, 15) is 0 Å². The van der Waals surface area contributed by atoms with Gasteiger partial charge in [0.1, 0.15) is 0 Å². The molecule has 1 aromatic rings. The number of piperidine rings is 2. The number of nitrogens with zero attached hydrogens (tertiary/aromatic N) is 6. The monoisotopic (exact) mass is 386 g/mol. The van der Waals surface area contributed by atoms with E-state index < -0.39 is 0 Å². The average molecular weight is 387 g/mol. The highest BCUT2D eigenvalue weighted by Crippen LogP contribution is 2.23. The summed E-state index contributed by atoms with van der Waals surface area (Å²) in [6.45, 7) is 14.5. The first-order chi connectivity index (χ1) is 13.7. The minimum atomic E-state index is 0.835. The molecule has 156 valence electrons. The van der Waals surface area contributed by atoms with Crippen LogP contribution >= 0.6 is 0 Å². The zero-order valence-corrected chi connectivity index (χ0v) is 17.9. The lowest BCUT2D eigenvalue weighted by Crippen LogP contribution is -2.50. The molecular formula is C22H38N6. The lowest BCUT2D eigenvalue weighted by atomic mass is 9.95. The largest absolute Gasteiger partial charge is 0.341 e. The molecule has 6 nitrogen and oxygen atoms in total. The normalized spacial score (nSPS) is 24.7. The van der Waals surface area contributed by atoms with Crippen LogP contribution in [0.25, 0.3) is 0 Å². The van der Waals surface area contributed by atoms with E-state index >= 15 is 0 Å². The van der Waals surface area contributed by atoms with Gasteiger partial charge in [0, 0.05) is 64.8 Å². The fourth-order valence-corrected chi connectivity index (χ4v) is 4.99. The first-order valence-electron chi connectivity index (χ1n) is 11.3. The Hall–Kier alpha value is -1.24. The summed E-state index contributed by atoms with van der Waals surface area (Å²) in [6.07, 6.45) is 9.18. The predicted octanol–water partition coefficient (Wildman–Crippen LogP) is 1.96. The Morgan fingerprint density at radius 2 is 1.21 bits per heavy atom. The maximum absolute atomic E-state index is 4.50. The van der Waals surface area contributed by atoms with Gasteiger partial charge >= 0.3 is 0 Å². The number of likely N-dealkylation sites (tertiary alicyclic amines) is 1. The van der Waals surface area contributed by atoms with Gasteiger partial charge < -0.3 is 19.6 Å². The third kappa shape index (κ3) is 5.43. The molecule has 6 heteroatoms. The Morgan fingerprint density at radius 3 is 1.71 bits per heavy atom. The highest BCUT2D eigenvalue weighted by molar-refractivity contribution is 5.30. The first-order valence-corrected chi connectivity index (χ1v) is 11.3. The van der Waals surface area contributed by atoms with Gasteiger partial charge in [-0.05, 0) is 70.1 Å². The maximum Gasteiger partial charge on any atom is 0.225 e.